The van der Waals surface area contributed by atoms with Crippen molar-refractivity contribution in [2.45, 2.75) is 40.2 Å². The Morgan fingerprint density at radius 2 is 2.25 bits per heavy atom. The Balaban J connectivity index is 1.85. The minimum absolute atomic E-state index is 0.0672. The molecule has 1 amide bonds. The standard InChI is InChI=1S/C18H21N3O3/c1-11-15-13(21-23)7-18(2,3)8-14(15)24-16(11)17(22)20-10-12-5-4-6-19-9-12/h4-6,9,23H,7-8,10H2,1-3H3,(H,20,22). The Labute approximate surface area is 140 Å². The van der Waals surface area contributed by atoms with Crippen molar-refractivity contribution in [1.82, 2.24) is 10.3 Å². The molecule has 0 saturated carbocycles. The molecule has 0 spiro atoms. The molecule has 2 heterocycles. The van der Waals surface area contributed by atoms with E-state index in [-0.39, 0.29) is 17.1 Å². The van der Waals surface area contributed by atoms with Crippen LogP contribution in [0.2, 0.25) is 0 Å². The van der Waals surface area contributed by atoms with Gasteiger partial charge in [-0.3, -0.25) is 9.78 Å². The van der Waals surface area contributed by atoms with Gasteiger partial charge in [0, 0.05) is 36.5 Å². The summed E-state index contributed by atoms with van der Waals surface area (Å²) in [6, 6.07) is 3.72. The van der Waals surface area contributed by atoms with E-state index in [2.05, 4.69) is 29.3 Å². The molecular formula is C18H21N3O3. The van der Waals surface area contributed by atoms with E-state index in [9.17, 15) is 10.0 Å². The molecule has 0 radical (unpaired) electrons. The summed E-state index contributed by atoms with van der Waals surface area (Å²) >= 11 is 0. The zero-order valence-corrected chi connectivity index (χ0v) is 14.1. The average molecular weight is 327 g/mol. The summed E-state index contributed by atoms with van der Waals surface area (Å²) in [5.74, 6) is 0.715. The van der Waals surface area contributed by atoms with Crippen molar-refractivity contribution in [1.29, 1.82) is 0 Å². The number of hydrogen-bond acceptors (Lipinski definition) is 5. The zero-order valence-electron chi connectivity index (χ0n) is 14.1. The Morgan fingerprint density at radius 1 is 1.46 bits per heavy atom. The maximum atomic E-state index is 12.5. The second-order valence-electron chi connectivity index (χ2n) is 6.96. The molecule has 0 unspecified atom stereocenters. The number of fused-ring (bicyclic) bond motifs is 1. The SMILES string of the molecule is Cc1c(C(=O)NCc2cccnc2)oc2c1C(=NO)CC(C)(C)C2. The fraction of sp³-hybridized carbons (Fsp3) is 0.389. The van der Waals surface area contributed by atoms with Crippen LogP contribution >= 0.6 is 0 Å². The summed E-state index contributed by atoms with van der Waals surface area (Å²) in [4.78, 5) is 16.5. The Kier molecular flexibility index (Phi) is 4.13. The first-order valence-electron chi connectivity index (χ1n) is 7.92. The fourth-order valence-corrected chi connectivity index (χ4v) is 3.18. The topological polar surface area (TPSA) is 87.7 Å². The summed E-state index contributed by atoms with van der Waals surface area (Å²) in [5, 5.41) is 15.6. The number of amides is 1. The lowest BCUT2D eigenvalue weighted by Gasteiger charge is -2.28. The number of oxime groups is 1. The van der Waals surface area contributed by atoms with Crippen LogP contribution in [-0.2, 0) is 13.0 Å². The first kappa shape index (κ1) is 16.2. The second-order valence-corrected chi connectivity index (χ2v) is 6.96. The maximum Gasteiger partial charge on any atom is 0.287 e. The lowest BCUT2D eigenvalue weighted by Crippen LogP contribution is -2.27. The molecule has 0 aliphatic heterocycles. The largest absolute Gasteiger partial charge is 0.455 e. The quantitative estimate of drug-likeness (QED) is 0.670. The Hall–Kier alpha value is -2.63. The molecule has 0 aromatic carbocycles. The van der Waals surface area contributed by atoms with E-state index in [1.165, 1.54) is 0 Å². The maximum absolute atomic E-state index is 12.5. The molecule has 1 aliphatic carbocycles. The van der Waals surface area contributed by atoms with Gasteiger partial charge in [0.2, 0.25) is 0 Å². The van der Waals surface area contributed by atoms with E-state index in [0.29, 0.717) is 30.9 Å². The molecule has 0 bridgehead atoms. The summed E-state index contributed by atoms with van der Waals surface area (Å²) in [6.07, 6.45) is 4.75. The third-order valence-corrected chi connectivity index (χ3v) is 4.30. The van der Waals surface area contributed by atoms with E-state index < -0.39 is 0 Å². The molecule has 6 nitrogen and oxygen atoms in total. The van der Waals surface area contributed by atoms with Gasteiger partial charge in [-0.25, -0.2) is 0 Å². The number of hydrogen-bond donors (Lipinski definition) is 2. The van der Waals surface area contributed by atoms with Crippen molar-refractivity contribution in [2.75, 3.05) is 0 Å². The molecule has 0 saturated heterocycles. The molecule has 2 aromatic heterocycles. The molecular weight excluding hydrogens is 306 g/mol. The van der Waals surface area contributed by atoms with Crippen LogP contribution in [0.15, 0.2) is 34.1 Å². The van der Waals surface area contributed by atoms with E-state index in [1.54, 1.807) is 12.4 Å². The van der Waals surface area contributed by atoms with Crippen molar-refractivity contribution >= 4 is 11.6 Å². The number of nitrogens with zero attached hydrogens (tertiary/aromatic N) is 2. The van der Waals surface area contributed by atoms with Crippen LogP contribution in [0.1, 0.15) is 53.3 Å². The van der Waals surface area contributed by atoms with Gasteiger partial charge in [-0.05, 0) is 30.4 Å². The van der Waals surface area contributed by atoms with Crippen LogP contribution in [0.25, 0.3) is 0 Å². The normalized spacial score (nSPS) is 17.5. The summed E-state index contributed by atoms with van der Waals surface area (Å²) < 4.78 is 5.84. The highest BCUT2D eigenvalue weighted by atomic mass is 16.4. The van der Waals surface area contributed by atoms with Crippen molar-refractivity contribution in [3.8, 4) is 0 Å². The third-order valence-electron chi connectivity index (χ3n) is 4.30. The highest BCUT2D eigenvalue weighted by Crippen LogP contribution is 2.38. The van der Waals surface area contributed by atoms with Gasteiger partial charge in [-0.15, -0.1) is 0 Å². The van der Waals surface area contributed by atoms with Crippen LogP contribution in [0.5, 0.6) is 0 Å². The molecule has 2 N–H and O–H groups in total. The molecule has 6 heteroatoms. The number of pyridine rings is 1. The van der Waals surface area contributed by atoms with Gasteiger partial charge < -0.3 is 14.9 Å². The number of carbonyl (C=O) groups excluding carboxylic acids is 1. The minimum Gasteiger partial charge on any atom is -0.455 e. The first-order valence-corrected chi connectivity index (χ1v) is 7.92. The molecule has 0 atom stereocenters. The minimum atomic E-state index is -0.277. The molecule has 3 rings (SSSR count). The van der Waals surface area contributed by atoms with E-state index in [0.717, 1.165) is 16.7 Å². The van der Waals surface area contributed by atoms with Crippen LogP contribution in [0, 0.1) is 12.3 Å². The molecule has 126 valence electrons. The van der Waals surface area contributed by atoms with Crippen LogP contribution in [0.3, 0.4) is 0 Å². The van der Waals surface area contributed by atoms with Crippen molar-refractivity contribution < 1.29 is 14.4 Å². The number of rotatable bonds is 3. The van der Waals surface area contributed by atoms with Gasteiger partial charge in [-0.2, -0.15) is 0 Å². The fourth-order valence-electron chi connectivity index (χ4n) is 3.18. The third kappa shape index (κ3) is 3.04. The highest BCUT2D eigenvalue weighted by molar-refractivity contribution is 6.06. The monoisotopic (exact) mass is 327 g/mol. The van der Waals surface area contributed by atoms with Crippen molar-refractivity contribution in [3.63, 3.8) is 0 Å². The molecule has 24 heavy (non-hydrogen) atoms. The van der Waals surface area contributed by atoms with E-state index in [4.69, 9.17) is 4.42 Å². The van der Waals surface area contributed by atoms with Crippen molar-refractivity contribution in [2.24, 2.45) is 10.6 Å². The predicted molar refractivity (Wildman–Crippen MR) is 89.3 cm³/mol. The van der Waals surface area contributed by atoms with Gasteiger partial charge in [0.25, 0.3) is 5.91 Å². The average Bonchev–Trinajstić information content (AvgIpc) is 2.88. The predicted octanol–water partition coefficient (Wildman–Crippen LogP) is 3.06. The Morgan fingerprint density at radius 3 is 2.92 bits per heavy atom. The molecule has 1 aliphatic rings. The number of aromatic nitrogens is 1. The smallest absolute Gasteiger partial charge is 0.287 e. The van der Waals surface area contributed by atoms with Crippen LogP contribution in [-0.4, -0.2) is 21.8 Å². The molecule has 0 fully saturated rings. The van der Waals surface area contributed by atoms with Crippen LogP contribution in [0.4, 0.5) is 0 Å². The van der Waals surface area contributed by atoms with Gasteiger partial charge in [-0.1, -0.05) is 25.1 Å². The van der Waals surface area contributed by atoms with Gasteiger partial charge in [0.15, 0.2) is 5.76 Å². The summed E-state index contributed by atoms with van der Waals surface area (Å²) in [6.45, 7) is 6.37. The van der Waals surface area contributed by atoms with Gasteiger partial charge in [0.1, 0.15) is 5.76 Å². The van der Waals surface area contributed by atoms with E-state index >= 15 is 0 Å². The second kappa shape index (κ2) is 6.11. The first-order chi connectivity index (χ1) is 11.4. The molecule has 2 aromatic rings. The lowest BCUT2D eigenvalue weighted by atomic mass is 9.75. The number of nitrogens with one attached hydrogen (secondary N) is 1. The number of furan rings is 1. The summed E-state index contributed by atoms with van der Waals surface area (Å²) in [5.41, 5.74) is 2.91. The Bertz CT molecular complexity index is 791. The zero-order chi connectivity index (χ0) is 17.3. The summed E-state index contributed by atoms with van der Waals surface area (Å²) in [7, 11) is 0. The van der Waals surface area contributed by atoms with Gasteiger partial charge >= 0.3 is 0 Å². The van der Waals surface area contributed by atoms with Crippen LogP contribution < -0.4 is 5.32 Å². The van der Waals surface area contributed by atoms with E-state index in [1.807, 2.05) is 19.1 Å². The number of carbonyl (C=O) groups is 1. The highest BCUT2D eigenvalue weighted by Gasteiger charge is 2.36. The lowest BCUT2D eigenvalue weighted by molar-refractivity contribution is 0.0919. The van der Waals surface area contributed by atoms with Gasteiger partial charge in [0.05, 0.1) is 5.71 Å². The van der Waals surface area contributed by atoms with Crippen molar-refractivity contribution in [3.05, 3.63) is 52.7 Å².